The van der Waals surface area contributed by atoms with Gasteiger partial charge in [-0.25, -0.2) is 13.8 Å². The molecule has 176 valence electrons. The van der Waals surface area contributed by atoms with Gasteiger partial charge in [0.15, 0.2) is 0 Å². The summed E-state index contributed by atoms with van der Waals surface area (Å²) < 4.78 is 32.6. The van der Waals surface area contributed by atoms with E-state index in [-0.39, 0.29) is 26.9 Å². The van der Waals surface area contributed by atoms with Gasteiger partial charge in [-0.3, -0.25) is 19.2 Å². The van der Waals surface area contributed by atoms with Crippen molar-refractivity contribution >= 4 is 45.1 Å². The minimum absolute atomic E-state index is 0.0307. The Balaban J connectivity index is 1.82. The first-order chi connectivity index (χ1) is 16.2. The Kier molecular flexibility index (Phi) is 7.82. The number of nitrogens with zero attached hydrogens (tertiary/aromatic N) is 3. The Morgan fingerprint density at radius 2 is 1.82 bits per heavy atom. The number of benzene rings is 3. The smallest absolute Gasteiger partial charge is 0.270 e. The van der Waals surface area contributed by atoms with Crippen LogP contribution in [0.25, 0.3) is 0 Å². The van der Waals surface area contributed by atoms with E-state index < -0.39 is 27.4 Å². The molecule has 0 aliphatic heterocycles. The van der Waals surface area contributed by atoms with Crippen LogP contribution in [-0.2, 0) is 14.8 Å². The van der Waals surface area contributed by atoms with E-state index in [0.717, 1.165) is 10.5 Å². The summed E-state index contributed by atoms with van der Waals surface area (Å²) in [6.45, 7) is -0.571. The number of hydrazone groups is 1. The average molecular weight is 503 g/mol. The lowest BCUT2D eigenvalue weighted by molar-refractivity contribution is -0.384. The molecule has 1 amide bonds. The molecule has 0 unspecified atom stereocenters. The van der Waals surface area contributed by atoms with Gasteiger partial charge in [-0.1, -0.05) is 29.8 Å². The molecule has 3 aromatic carbocycles. The number of nitro groups is 1. The summed E-state index contributed by atoms with van der Waals surface area (Å²) >= 11 is 6.01. The lowest BCUT2D eigenvalue weighted by atomic mass is 10.2. The molecular formula is C22H19ClN4O6S. The lowest BCUT2D eigenvalue weighted by Crippen LogP contribution is -2.39. The first-order valence-corrected chi connectivity index (χ1v) is 11.5. The molecule has 0 aliphatic carbocycles. The van der Waals surface area contributed by atoms with Crippen molar-refractivity contribution in [2.24, 2.45) is 5.10 Å². The van der Waals surface area contributed by atoms with E-state index >= 15 is 0 Å². The van der Waals surface area contributed by atoms with Gasteiger partial charge in [0, 0.05) is 22.7 Å². The Bertz CT molecular complexity index is 1310. The van der Waals surface area contributed by atoms with Crippen molar-refractivity contribution in [3.63, 3.8) is 0 Å². The number of rotatable bonds is 9. The van der Waals surface area contributed by atoms with Crippen molar-refractivity contribution in [3.05, 3.63) is 93.5 Å². The van der Waals surface area contributed by atoms with Crippen LogP contribution >= 0.6 is 11.6 Å². The highest BCUT2D eigenvalue weighted by Crippen LogP contribution is 2.25. The second-order valence-electron chi connectivity index (χ2n) is 6.78. The van der Waals surface area contributed by atoms with Crippen LogP contribution in [0.5, 0.6) is 5.75 Å². The number of hydrogen-bond acceptors (Lipinski definition) is 7. The molecule has 0 aromatic heterocycles. The number of amides is 1. The first-order valence-electron chi connectivity index (χ1n) is 9.70. The van der Waals surface area contributed by atoms with Crippen LogP contribution in [0, 0.1) is 10.1 Å². The van der Waals surface area contributed by atoms with Gasteiger partial charge in [0.05, 0.1) is 28.8 Å². The normalized spacial score (nSPS) is 11.2. The second-order valence-corrected chi connectivity index (χ2v) is 9.05. The van der Waals surface area contributed by atoms with Crippen molar-refractivity contribution in [1.29, 1.82) is 0 Å². The maximum Gasteiger partial charge on any atom is 0.270 e. The number of methoxy groups -OCH3 is 1. The third-order valence-corrected chi connectivity index (χ3v) is 6.69. The van der Waals surface area contributed by atoms with E-state index in [9.17, 15) is 23.3 Å². The molecule has 34 heavy (non-hydrogen) atoms. The van der Waals surface area contributed by atoms with Crippen LogP contribution < -0.4 is 14.5 Å². The SMILES string of the molecule is COc1ccc(S(=O)(=O)N(CC(=O)N/N=C\c2cc([N+](=O)[O-])ccc2Cl)c2ccccc2)cc1. The highest BCUT2D eigenvalue weighted by Gasteiger charge is 2.27. The number of sulfonamides is 1. The molecule has 0 saturated carbocycles. The van der Waals surface area contributed by atoms with Crippen molar-refractivity contribution in [1.82, 2.24) is 5.43 Å². The highest BCUT2D eigenvalue weighted by molar-refractivity contribution is 7.92. The predicted molar refractivity (Wildman–Crippen MR) is 128 cm³/mol. The van der Waals surface area contributed by atoms with Crippen molar-refractivity contribution < 1.29 is 22.9 Å². The van der Waals surface area contributed by atoms with Gasteiger partial charge in [0.2, 0.25) is 0 Å². The summed E-state index contributed by atoms with van der Waals surface area (Å²) in [4.78, 5) is 22.9. The number of ether oxygens (including phenoxy) is 1. The van der Waals surface area contributed by atoms with Gasteiger partial charge in [-0.05, 0) is 42.5 Å². The molecule has 1 N–H and O–H groups in total. The Morgan fingerprint density at radius 3 is 2.44 bits per heavy atom. The summed E-state index contributed by atoms with van der Waals surface area (Å²) in [5, 5.41) is 14.9. The zero-order chi connectivity index (χ0) is 24.7. The van der Waals surface area contributed by atoms with Gasteiger partial charge >= 0.3 is 0 Å². The first kappa shape index (κ1) is 24.7. The molecule has 0 saturated heterocycles. The Labute approximate surface area is 200 Å². The third-order valence-electron chi connectivity index (χ3n) is 4.56. The molecule has 10 nitrogen and oxygen atoms in total. The summed E-state index contributed by atoms with van der Waals surface area (Å²) in [5.41, 5.74) is 2.52. The van der Waals surface area contributed by atoms with E-state index in [1.165, 1.54) is 49.6 Å². The minimum atomic E-state index is -4.10. The number of halogens is 1. The standard InChI is InChI=1S/C22H19ClN4O6S/c1-33-19-8-10-20(11-9-19)34(31,32)26(17-5-3-2-4-6-17)15-22(28)25-24-14-16-13-18(27(29)30)7-12-21(16)23/h2-14H,15H2,1H3,(H,25,28)/b24-14-. The van der Waals surface area contributed by atoms with Crippen LogP contribution in [0.1, 0.15) is 5.56 Å². The molecule has 0 spiro atoms. The van der Waals surface area contributed by atoms with Crippen LogP contribution in [0.3, 0.4) is 0 Å². The monoisotopic (exact) mass is 502 g/mol. The largest absolute Gasteiger partial charge is 0.497 e. The maximum absolute atomic E-state index is 13.3. The fourth-order valence-corrected chi connectivity index (χ4v) is 4.45. The summed E-state index contributed by atoms with van der Waals surface area (Å²) in [7, 11) is -2.64. The van der Waals surface area contributed by atoms with Crippen molar-refractivity contribution in [3.8, 4) is 5.75 Å². The summed E-state index contributed by atoms with van der Waals surface area (Å²) in [6, 6.07) is 17.7. The Hall–Kier alpha value is -3.96. The van der Waals surface area contributed by atoms with Gasteiger partial charge < -0.3 is 4.74 Å². The second kappa shape index (κ2) is 10.8. The van der Waals surface area contributed by atoms with E-state index in [1.54, 1.807) is 30.3 Å². The van der Waals surface area contributed by atoms with Crippen molar-refractivity contribution in [2.45, 2.75) is 4.90 Å². The predicted octanol–water partition coefficient (Wildman–Crippen LogP) is 3.60. The number of nitrogens with one attached hydrogen (secondary N) is 1. The molecule has 0 radical (unpaired) electrons. The molecule has 3 rings (SSSR count). The van der Waals surface area contributed by atoms with Crippen LogP contribution in [0.15, 0.2) is 82.8 Å². The number of anilines is 1. The van der Waals surface area contributed by atoms with Gasteiger partial charge in [0.1, 0.15) is 12.3 Å². The molecule has 0 fully saturated rings. The van der Waals surface area contributed by atoms with E-state index in [1.807, 2.05) is 0 Å². The molecule has 0 heterocycles. The Morgan fingerprint density at radius 1 is 1.15 bits per heavy atom. The fourth-order valence-electron chi connectivity index (χ4n) is 2.87. The summed E-state index contributed by atoms with van der Waals surface area (Å²) in [6.07, 6.45) is 1.14. The van der Waals surface area contributed by atoms with Gasteiger partial charge in [0.25, 0.3) is 21.6 Å². The van der Waals surface area contributed by atoms with Gasteiger partial charge in [-0.2, -0.15) is 5.10 Å². The fraction of sp³-hybridized carbons (Fsp3) is 0.0909. The van der Waals surface area contributed by atoms with Crippen LogP contribution in [0.2, 0.25) is 5.02 Å². The topological polar surface area (TPSA) is 131 Å². The molecule has 0 atom stereocenters. The number of carbonyl (C=O) groups is 1. The molecule has 3 aromatic rings. The zero-order valence-electron chi connectivity index (χ0n) is 17.8. The van der Waals surface area contributed by atoms with Crippen LogP contribution in [0.4, 0.5) is 11.4 Å². The maximum atomic E-state index is 13.3. The van der Waals surface area contributed by atoms with Crippen LogP contribution in [-0.4, -0.2) is 39.1 Å². The van der Waals surface area contributed by atoms with E-state index in [0.29, 0.717) is 5.75 Å². The number of nitro benzene ring substituents is 1. The van der Waals surface area contributed by atoms with E-state index in [4.69, 9.17) is 16.3 Å². The average Bonchev–Trinajstić information content (AvgIpc) is 2.84. The summed E-state index contributed by atoms with van der Waals surface area (Å²) in [5.74, 6) is -0.254. The number of hydrogen-bond donors (Lipinski definition) is 1. The van der Waals surface area contributed by atoms with E-state index in [2.05, 4.69) is 10.5 Å². The third kappa shape index (κ3) is 5.88. The minimum Gasteiger partial charge on any atom is -0.497 e. The number of carbonyl (C=O) groups excluding carboxylic acids is 1. The lowest BCUT2D eigenvalue weighted by Gasteiger charge is -2.23. The number of non-ortho nitro benzene ring substituents is 1. The zero-order valence-corrected chi connectivity index (χ0v) is 19.4. The molecule has 12 heteroatoms. The molecule has 0 aliphatic rings. The molecular weight excluding hydrogens is 484 g/mol. The quantitative estimate of drug-likeness (QED) is 0.270. The molecule has 0 bridgehead atoms. The van der Waals surface area contributed by atoms with Gasteiger partial charge in [-0.15, -0.1) is 0 Å². The highest BCUT2D eigenvalue weighted by atomic mass is 35.5. The van der Waals surface area contributed by atoms with Crippen molar-refractivity contribution in [2.75, 3.05) is 18.0 Å². The number of para-hydroxylation sites is 1.